The predicted octanol–water partition coefficient (Wildman–Crippen LogP) is 7.50. The van der Waals surface area contributed by atoms with Gasteiger partial charge < -0.3 is 17.9 Å². The quantitative estimate of drug-likeness (QED) is 0.245. The van der Waals surface area contributed by atoms with Crippen molar-refractivity contribution < 1.29 is 26.2 Å². The molecule has 2 aliphatic rings. The molecule has 240 valence electrons. The van der Waals surface area contributed by atoms with E-state index in [4.69, 9.17) is 13.0 Å². The van der Waals surface area contributed by atoms with E-state index < -0.39 is 33.2 Å². The number of hydrogen-bond acceptors (Lipinski definition) is 6. The first-order chi connectivity index (χ1) is 20.7. The van der Waals surface area contributed by atoms with E-state index in [-0.39, 0.29) is 51.7 Å². The lowest BCUT2D eigenvalue weighted by Crippen LogP contribution is -2.65. The Morgan fingerprint density at radius 2 is 1.41 bits per heavy atom. The summed E-state index contributed by atoms with van der Waals surface area (Å²) in [5.41, 5.74) is 1.77. The van der Waals surface area contributed by atoms with Gasteiger partial charge in [0.1, 0.15) is 0 Å². The van der Waals surface area contributed by atoms with Crippen molar-refractivity contribution in [3.05, 3.63) is 66.4 Å². The van der Waals surface area contributed by atoms with E-state index in [1.165, 1.54) is 3.97 Å². The summed E-state index contributed by atoms with van der Waals surface area (Å²) in [6, 6.07) is 17.0. The van der Waals surface area contributed by atoms with Gasteiger partial charge in [0, 0.05) is 18.7 Å². The number of fused-ring (bicyclic) bond motifs is 2. The highest BCUT2D eigenvalue weighted by molar-refractivity contribution is 7.90. The minimum atomic E-state index is -3.98. The van der Waals surface area contributed by atoms with Gasteiger partial charge in [-0.3, -0.25) is 4.79 Å². The van der Waals surface area contributed by atoms with Crippen molar-refractivity contribution >= 4 is 44.0 Å². The molecule has 3 heterocycles. The van der Waals surface area contributed by atoms with E-state index in [9.17, 15) is 13.2 Å². The van der Waals surface area contributed by atoms with Gasteiger partial charge in [-0.15, -0.1) is 0 Å². The lowest BCUT2D eigenvalue weighted by Gasteiger charge is -2.51. The summed E-state index contributed by atoms with van der Waals surface area (Å²) >= 11 is 0. The smallest absolute Gasteiger partial charge is 0.335 e. The van der Waals surface area contributed by atoms with Crippen molar-refractivity contribution in [2.24, 2.45) is 0 Å². The van der Waals surface area contributed by atoms with Gasteiger partial charge in [-0.2, -0.15) is 0 Å². The normalized spacial score (nSPS) is 23.8. The molecule has 1 amide bonds. The number of amides is 1. The summed E-state index contributed by atoms with van der Waals surface area (Å²) in [5, 5.41) is 0.800. The second kappa shape index (κ2) is 12.1. The van der Waals surface area contributed by atoms with Gasteiger partial charge in [0.05, 0.1) is 40.9 Å². The molecular formula is C33H48N2O6SSi2. The fourth-order valence-electron chi connectivity index (χ4n) is 7.45. The standard InChI is InChI=1S/C33H48N2O6SSi2/c1-22(2)43(23(3)4)39-21-32-33(40-44(41-43,24(5)6)25(7)8)20-30(34(32)26(9)36)31-19-27-15-13-14-18-29(27)35(31)42(37,38)28-16-11-10-12-17-28/h10-19,22-25,30,32-33H,20-21H2,1-9H3/t30?,32-,33-/m0/s1. The van der Waals surface area contributed by atoms with Crippen molar-refractivity contribution in [1.82, 2.24) is 8.87 Å². The number of benzene rings is 2. The molecule has 0 saturated carbocycles. The number of carbonyl (C=O) groups is 1. The maximum Gasteiger partial charge on any atom is 0.335 e. The second-order valence-electron chi connectivity index (χ2n) is 13.6. The highest BCUT2D eigenvalue weighted by Crippen LogP contribution is 2.50. The van der Waals surface area contributed by atoms with Crippen molar-refractivity contribution in [3.63, 3.8) is 0 Å². The maximum absolute atomic E-state index is 14.3. The highest BCUT2D eigenvalue weighted by Gasteiger charge is 2.61. The molecule has 0 radical (unpaired) electrons. The fourth-order valence-corrected chi connectivity index (χ4v) is 20.3. The largest absolute Gasteiger partial charge is 0.414 e. The number of rotatable bonds is 7. The lowest BCUT2D eigenvalue weighted by atomic mass is 10.1. The second-order valence-corrected chi connectivity index (χ2v) is 24.2. The van der Waals surface area contributed by atoms with Gasteiger partial charge in [0.25, 0.3) is 10.0 Å². The van der Waals surface area contributed by atoms with Gasteiger partial charge in [-0.05, 0) is 46.4 Å². The maximum atomic E-state index is 14.3. The molecule has 1 aromatic heterocycles. The van der Waals surface area contributed by atoms with E-state index in [1.807, 2.05) is 35.2 Å². The Morgan fingerprint density at radius 3 is 1.98 bits per heavy atom. The molecule has 11 heteroatoms. The van der Waals surface area contributed by atoms with Crippen LogP contribution < -0.4 is 0 Å². The number of aromatic nitrogens is 1. The molecular weight excluding hydrogens is 609 g/mol. The summed E-state index contributed by atoms with van der Waals surface area (Å²) < 4.78 is 51.7. The zero-order chi connectivity index (χ0) is 32.2. The Bertz CT molecular complexity index is 1590. The molecule has 2 fully saturated rings. The van der Waals surface area contributed by atoms with E-state index >= 15 is 0 Å². The average molecular weight is 657 g/mol. The van der Waals surface area contributed by atoms with Gasteiger partial charge in [-0.1, -0.05) is 91.8 Å². The Kier molecular flexibility index (Phi) is 9.13. The summed E-state index contributed by atoms with van der Waals surface area (Å²) in [6.45, 7) is 19.3. The summed E-state index contributed by atoms with van der Waals surface area (Å²) in [6.07, 6.45) is 0.0848. The number of hydrogen-bond donors (Lipinski definition) is 0. The topological polar surface area (TPSA) is 87.1 Å². The van der Waals surface area contributed by atoms with E-state index in [1.54, 1.807) is 37.3 Å². The van der Waals surface area contributed by atoms with Crippen molar-refractivity contribution in [2.75, 3.05) is 6.61 Å². The molecule has 2 saturated heterocycles. The third kappa shape index (κ3) is 5.33. The van der Waals surface area contributed by atoms with Crippen LogP contribution >= 0.6 is 0 Å². The molecule has 0 spiro atoms. The van der Waals surface area contributed by atoms with Crippen LogP contribution in [0.25, 0.3) is 10.9 Å². The Hall–Kier alpha value is -2.29. The molecule has 3 aromatic rings. The first-order valence-corrected chi connectivity index (χ1v) is 21.3. The highest BCUT2D eigenvalue weighted by atomic mass is 32.2. The van der Waals surface area contributed by atoms with Gasteiger partial charge in [-0.25, -0.2) is 12.4 Å². The van der Waals surface area contributed by atoms with Crippen LogP contribution in [0.2, 0.25) is 22.2 Å². The summed E-state index contributed by atoms with van der Waals surface area (Å²) in [7, 11) is -9.72. The van der Waals surface area contributed by atoms with E-state index in [0.717, 1.165) is 5.39 Å². The lowest BCUT2D eigenvalue weighted by molar-refractivity contribution is -0.134. The first kappa shape index (κ1) is 33.1. The molecule has 2 aromatic carbocycles. The van der Waals surface area contributed by atoms with Crippen LogP contribution in [-0.2, 0) is 27.8 Å². The molecule has 1 unspecified atom stereocenters. The molecule has 0 N–H and O–H groups in total. The zero-order valence-electron chi connectivity index (χ0n) is 27.5. The predicted molar refractivity (Wildman–Crippen MR) is 178 cm³/mol. The van der Waals surface area contributed by atoms with Crippen molar-refractivity contribution in [2.45, 2.75) is 114 Å². The molecule has 0 bridgehead atoms. The minimum Gasteiger partial charge on any atom is -0.414 e. The number of para-hydroxylation sites is 1. The summed E-state index contributed by atoms with van der Waals surface area (Å²) in [5.74, 6) is -0.132. The number of carbonyl (C=O) groups excluding carboxylic acids is 1. The Labute approximate surface area is 265 Å². The third-order valence-electron chi connectivity index (χ3n) is 9.61. The van der Waals surface area contributed by atoms with Gasteiger partial charge in [0.2, 0.25) is 5.91 Å². The third-order valence-corrected chi connectivity index (χ3v) is 21.6. The van der Waals surface area contributed by atoms with E-state index in [0.29, 0.717) is 17.6 Å². The van der Waals surface area contributed by atoms with Crippen LogP contribution in [0.1, 0.15) is 80.5 Å². The summed E-state index contributed by atoms with van der Waals surface area (Å²) in [4.78, 5) is 15.7. The molecule has 5 rings (SSSR count). The number of likely N-dealkylation sites (tertiary alicyclic amines) is 1. The van der Waals surface area contributed by atoms with Crippen LogP contribution in [0, 0.1) is 0 Å². The van der Waals surface area contributed by atoms with Crippen molar-refractivity contribution in [1.29, 1.82) is 0 Å². The first-order valence-electron chi connectivity index (χ1n) is 15.9. The van der Waals surface area contributed by atoms with Crippen LogP contribution in [0.4, 0.5) is 0 Å². The van der Waals surface area contributed by atoms with Crippen LogP contribution in [0.15, 0.2) is 65.6 Å². The van der Waals surface area contributed by atoms with Crippen LogP contribution in [0.5, 0.6) is 0 Å². The Balaban J connectivity index is 1.70. The van der Waals surface area contributed by atoms with Crippen LogP contribution in [-0.4, -0.2) is 59.1 Å². The molecule has 2 aliphatic heterocycles. The van der Waals surface area contributed by atoms with Gasteiger partial charge in [0.15, 0.2) is 0 Å². The SMILES string of the molecule is CC(=O)N1C(c2cc3ccccc3n2S(=O)(=O)c2ccccc2)C[C@@H]2O[Si](C(C)C)(C(C)C)O[Si](C(C)C)(C(C)C)OC[C@@H]21. The zero-order valence-corrected chi connectivity index (χ0v) is 30.3. The number of nitrogens with zero attached hydrogens (tertiary/aromatic N) is 2. The molecule has 8 nitrogen and oxygen atoms in total. The van der Waals surface area contributed by atoms with Gasteiger partial charge >= 0.3 is 17.1 Å². The minimum absolute atomic E-state index is 0.132. The van der Waals surface area contributed by atoms with E-state index in [2.05, 4.69) is 55.4 Å². The molecule has 0 aliphatic carbocycles. The monoisotopic (exact) mass is 656 g/mol. The van der Waals surface area contributed by atoms with Crippen molar-refractivity contribution in [3.8, 4) is 0 Å². The van der Waals surface area contributed by atoms with Crippen LogP contribution in [0.3, 0.4) is 0 Å². The fraction of sp³-hybridized carbons (Fsp3) is 0.545. The molecule has 3 atom stereocenters. The Morgan fingerprint density at radius 1 is 0.841 bits per heavy atom. The molecule has 44 heavy (non-hydrogen) atoms. The average Bonchev–Trinajstić information content (AvgIpc) is 3.51.